The highest BCUT2D eigenvalue weighted by molar-refractivity contribution is 6.08. The molecule has 0 saturated carbocycles. The van der Waals surface area contributed by atoms with Gasteiger partial charge in [-0.2, -0.15) is 0 Å². The number of rotatable bonds is 7. The summed E-state index contributed by atoms with van der Waals surface area (Å²) in [6, 6.07) is 13.3. The number of nitrogens with zero attached hydrogens (tertiary/aromatic N) is 2. The fourth-order valence-corrected chi connectivity index (χ4v) is 3.59. The Morgan fingerprint density at radius 2 is 2.07 bits per heavy atom. The number of carbonyl (C=O) groups is 1. The van der Waals surface area contributed by atoms with Crippen LogP contribution in [0.15, 0.2) is 47.5 Å². The van der Waals surface area contributed by atoms with E-state index in [1.165, 1.54) is 0 Å². The first-order valence-corrected chi connectivity index (χ1v) is 9.35. The van der Waals surface area contributed by atoms with Gasteiger partial charge in [0.25, 0.3) is 0 Å². The Morgan fingerprint density at radius 3 is 2.82 bits per heavy atom. The lowest BCUT2D eigenvalue weighted by atomic mass is 10.0. The highest BCUT2D eigenvalue weighted by Crippen LogP contribution is 2.41. The second kappa shape index (κ2) is 7.90. The summed E-state index contributed by atoms with van der Waals surface area (Å²) in [5.74, 6) is 1.77. The molecular weight excluding hydrogens is 358 g/mol. The molecule has 28 heavy (non-hydrogen) atoms. The van der Waals surface area contributed by atoms with Crippen LogP contribution in [0.2, 0.25) is 0 Å². The number of nitrogens with one attached hydrogen (secondary N) is 1. The molecule has 2 aliphatic heterocycles. The molecule has 0 bridgehead atoms. The summed E-state index contributed by atoms with van der Waals surface area (Å²) >= 11 is 0. The monoisotopic (exact) mass is 381 g/mol. The van der Waals surface area contributed by atoms with Gasteiger partial charge in [0.05, 0.1) is 25.9 Å². The standard InChI is InChI=1S/C21H23N3O4/c1-27-19-15-13-24-17(12-14-6-3-2-4-7-14)20(26)23-21(24)22-16(15)8-9-18(19)28-11-5-10-25/h2-4,6-9,17,25H,5,10-13H2,1H3,(H,22,23,26). The summed E-state index contributed by atoms with van der Waals surface area (Å²) in [5.41, 5.74) is 2.75. The van der Waals surface area contributed by atoms with E-state index in [4.69, 9.17) is 14.6 Å². The molecule has 0 radical (unpaired) electrons. The summed E-state index contributed by atoms with van der Waals surface area (Å²) in [5, 5.41) is 11.9. The normalized spacial score (nSPS) is 17.5. The number of ether oxygens (including phenoxy) is 2. The SMILES string of the molecule is COc1c(OCCCO)ccc2c1CN1C(=N2)NC(=O)C1Cc1ccccc1. The van der Waals surface area contributed by atoms with E-state index in [1.54, 1.807) is 7.11 Å². The van der Waals surface area contributed by atoms with Crippen LogP contribution in [0.25, 0.3) is 0 Å². The van der Waals surface area contributed by atoms with Gasteiger partial charge in [0.1, 0.15) is 6.04 Å². The molecule has 1 unspecified atom stereocenters. The van der Waals surface area contributed by atoms with Gasteiger partial charge in [-0.25, -0.2) is 4.99 Å². The Labute approximate surface area is 163 Å². The van der Waals surface area contributed by atoms with Crippen molar-refractivity contribution in [3.05, 3.63) is 53.6 Å². The van der Waals surface area contributed by atoms with E-state index in [0.29, 0.717) is 43.5 Å². The Bertz CT molecular complexity index is 898. The number of fused-ring (bicyclic) bond motifs is 2. The van der Waals surface area contributed by atoms with Gasteiger partial charge in [0.2, 0.25) is 11.9 Å². The molecule has 0 aliphatic carbocycles. The average molecular weight is 381 g/mol. The summed E-state index contributed by atoms with van der Waals surface area (Å²) in [6.45, 7) is 0.981. The molecule has 4 rings (SSSR count). The number of carbonyl (C=O) groups excluding carboxylic acids is 1. The molecule has 2 aliphatic rings. The molecule has 7 heteroatoms. The van der Waals surface area contributed by atoms with Crippen LogP contribution < -0.4 is 14.8 Å². The zero-order valence-corrected chi connectivity index (χ0v) is 15.7. The maximum atomic E-state index is 12.6. The summed E-state index contributed by atoms with van der Waals surface area (Å²) in [4.78, 5) is 19.2. The molecule has 0 aromatic heterocycles. The quantitative estimate of drug-likeness (QED) is 0.717. The molecule has 2 N–H and O–H groups in total. The molecule has 7 nitrogen and oxygen atoms in total. The largest absolute Gasteiger partial charge is 0.492 e. The summed E-state index contributed by atoms with van der Waals surface area (Å²) in [6.07, 6.45) is 1.16. The van der Waals surface area contributed by atoms with Crippen LogP contribution in [0.5, 0.6) is 11.5 Å². The fraction of sp³-hybridized carbons (Fsp3) is 0.333. The van der Waals surface area contributed by atoms with Crippen molar-refractivity contribution in [3.63, 3.8) is 0 Å². The number of hydrogen-bond acceptors (Lipinski definition) is 6. The van der Waals surface area contributed by atoms with Gasteiger partial charge in [-0.1, -0.05) is 30.3 Å². The molecule has 1 fully saturated rings. The molecule has 146 valence electrons. The van der Waals surface area contributed by atoms with Crippen LogP contribution >= 0.6 is 0 Å². The molecule has 2 heterocycles. The van der Waals surface area contributed by atoms with Crippen molar-refractivity contribution in [2.24, 2.45) is 4.99 Å². The lowest BCUT2D eigenvalue weighted by Gasteiger charge is -2.29. The van der Waals surface area contributed by atoms with Crippen molar-refractivity contribution in [3.8, 4) is 11.5 Å². The topological polar surface area (TPSA) is 83.4 Å². The van der Waals surface area contributed by atoms with Crippen LogP contribution in [-0.2, 0) is 17.8 Å². The first kappa shape index (κ1) is 18.3. The molecule has 2 aromatic rings. The van der Waals surface area contributed by atoms with E-state index in [9.17, 15) is 4.79 Å². The third kappa shape index (κ3) is 3.41. The van der Waals surface area contributed by atoms with Crippen molar-refractivity contribution >= 4 is 17.6 Å². The van der Waals surface area contributed by atoms with Crippen LogP contribution in [0.3, 0.4) is 0 Å². The van der Waals surface area contributed by atoms with Crippen molar-refractivity contribution < 1.29 is 19.4 Å². The second-order valence-electron chi connectivity index (χ2n) is 6.78. The average Bonchev–Trinajstić information content (AvgIpc) is 3.01. The third-order valence-corrected chi connectivity index (χ3v) is 4.98. The number of amides is 1. The summed E-state index contributed by atoms with van der Waals surface area (Å²) < 4.78 is 11.4. The minimum Gasteiger partial charge on any atom is -0.492 e. The molecule has 0 spiro atoms. The Hall–Kier alpha value is -3.06. The van der Waals surface area contributed by atoms with E-state index < -0.39 is 0 Å². The predicted molar refractivity (Wildman–Crippen MR) is 105 cm³/mol. The van der Waals surface area contributed by atoms with E-state index in [-0.39, 0.29) is 18.6 Å². The van der Waals surface area contributed by atoms with E-state index in [2.05, 4.69) is 10.3 Å². The van der Waals surface area contributed by atoms with Crippen LogP contribution in [0.4, 0.5) is 5.69 Å². The minimum atomic E-state index is -0.321. The van der Waals surface area contributed by atoms with Gasteiger partial charge in [-0.15, -0.1) is 0 Å². The maximum Gasteiger partial charge on any atom is 0.249 e. The van der Waals surface area contributed by atoms with Crippen molar-refractivity contribution in [1.29, 1.82) is 0 Å². The highest BCUT2D eigenvalue weighted by atomic mass is 16.5. The van der Waals surface area contributed by atoms with Gasteiger partial charge < -0.3 is 19.5 Å². The van der Waals surface area contributed by atoms with Crippen molar-refractivity contribution in [2.45, 2.75) is 25.4 Å². The molecular formula is C21H23N3O4. The van der Waals surface area contributed by atoms with E-state index >= 15 is 0 Å². The molecule has 1 amide bonds. The lowest BCUT2D eigenvalue weighted by Crippen LogP contribution is -2.38. The van der Waals surface area contributed by atoms with Gasteiger partial charge >= 0.3 is 0 Å². The number of benzene rings is 2. The maximum absolute atomic E-state index is 12.6. The van der Waals surface area contributed by atoms with Gasteiger partial charge in [-0.3, -0.25) is 10.1 Å². The number of guanidine groups is 1. The third-order valence-electron chi connectivity index (χ3n) is 4.98. The van der Waals surface area contributed by atoms with Crippen LogP contribution in [0, 0.1) is 0 Å². The molecule has 2 aromatic carbocycles. The van der Waals surface area contributed by atoms with E-state index in [1.807, 2.05) is 47.4 Å². The molecule has 1 saturated heterocycles. The smallest absolute Gasteiger partial charge is 0.249 e. The first-order valence-electron chi connectivity index (χ1n) is 9.35. The first-order chi connectivity index (χ1) is 13.7. The number of aliphatic hydroxyl groups is 1. The van der Waals surface area contributed by atoms with E-state index in [0.717, 1.165) is 16.8 Å². The van der Waals surface area contributed by atoms with Gasteiger partial charge in [-0.05, 0) is 17.7 Å². The number of methoxy groups -OCH3 is 1. The minimum absolute atomic E-state index is 0.0474. The second-order valence-corrected chi connectivity index (χ2v) is 6.78. The Morgan fingerprint density at radius 1 is 1.25 bits per heavy atom. The Balaban J connectivity index is 1.62. The number of aliphatic hydroxyl groups excluding tert-OH is 1. The number of aliphatic imine (C=N–C) groups is 1. The lowest BCUT2D eigenvalue weighted by molar-refractivity contribution is -0.121. The van der Waals surface area contributed by atoms with Crippen molar-refractivity contribution in [2.75, 3.05) is 20.3 Å². The zero-order chi connectivity index (χ0) is 19.5. The van der Waals surface area contributed by atoms with Gasteiger partial charge in [0, 0.05) is 25.0 Å². The van der Waals surface area contributed by atoms with Crippen LogP contribution in [0.1, 0.15) is 17.5 Å². The molecule has 1 atom stereocenters. The van der Waals surface area contributed by atoms with Gasteiger partial charge in [0.15, 0.2) is 11.5 Å². The van der Waals surface area contributed by atoms with Crippen LogP contribution in [-0.4, -0.2) is 48.2 Å². The zero-order valence-electron chi connectivity index (χ0n) is 15.7. The van der Waals surface area contributed by atoms with Crippen molar-refractivity contribution in [1.82, 2.24) is 10.2 Å². The Kier molecular flexibility index (Phi) is 5.16. The highest BCUT2D eigenvalue weighted by Gasteiger charge is 2.40. The number of hydrogen-bond donors (Lipinski definition) is 2. The summed E-state index contributed by atoms with van der Waals surface area (Å²) in [7, 11) is 1.60. The fourth-order valence-electron chi connectivity index (χ4n) is 3.59. The predicted octanol–water partition coefficient (Wildman–Crippen LogP) is 2.00.